The molecule has 1 aliphatic heterocycles. The number of nitrogens with zero attached hydrogens (tertiary/aromatic N) is 6. The molecule has 10 heteroatoms. The van der Waals surface area contributed by atoms with Gasteiger partial charge in [-0.1, -0.05) is 54.2 Å². The van der Waals surface area contributed by atoms with Gasteiger partial charge in [0.1, 0.15) is 11.5 Å². The summed E-state index contributed by atoms with van der Waals surface area (Å²) in [6.07, 6.45) is 0.687. The Hall–Kier alpha value is -3.40. The monoisotopic (exact) mass is 452 g/mol. The Bertz CT molecular complexity index is 1100. The number of anilines is 1. The molecule has 0 bridgehead atoms. The van der Waals surface area contributed by atoms with Crippen LogP contribution in [0.15, 0.2) is 59.8 Å². The number of nitro groups is 1. The molecule has 1 fully saturated rings. The number of benzene rings is 2. The molecule has 0 aliphatic carbocycles. The molecule has 32 heavy (non-hydrogen) atoms. The predicted molar refractivity (Wildman–Crippen MR) is 123 cm³/mol. The van der Waals surface area contributed by atoms with Crippen LogP contribution in [-0.4, -0.2) is 62.4 Å². The number of para-hydroxylation sites is 2. The van der Waals surface area contributed by atoms with E-state index in [9.17, 15) is 14.9 Å². The predicted octanol–water partition coefficient (Wildman–Crippen LogP) is 2.76. The average Bonchev–Trinajstić information content (AvgIpc) is 3.17. The highest BCUT2D eigenvalue weighted by Gasteiger charge is 2.25. The van der Waals surface area contributed by atoms with Crippen molar-refractivity contribution in [2.24, 2.45) is 7.05 Å². The summed E-state index contributed by atoms with van der Waals surface area (Å²) < 4.78 is 1.93. The van der Waals surface area contributed by atoms with E-state index in [0.29, 0.717) is 43.4 Å². The highest BCUT2D eigenvalue weighted by molar-refractivity contribution is 7.99. The number of hydrogen-bond acceptors (Lipinski definition) is 7. The summed E-state index contributed by atoms with van der Waals surface area (Å²) in [4.78, 5) is 27.4. The standard InChI is InChI=1S/C22H24N6O3S/c1-25-20(15-17-7-3-2-4-8-17)23-24-22(25)32-16-21(29)27-13-11-26(12-14-27)18-9-5-6-10-19(18)28(30)31/h2-10H,11-16H2,1H3. The topological polar surface area (TPSA) is 97.4 Å². The first-order valence-corrected chi connectivity index (χ1v) is 11.3. The number of carbonyl (C=O) groups is 1. The third-order valence-corrected chi connectivity index (χ3v) is 6.51. The number of piperazine rings is 1. The van der Waals surface area contributed by atoms with E-state index in [0.717, 1.165) is 11.4 Å². The van der Waals surface area contributed by atoms with Crippen molar-refractivity contribution in [1.29, 1.82) is 0 Å². The Kier molecular flexibility index (Phi) is 6.69. The van der Waals surface area contributed by atoms with Gasteiger partial charge in [0.25, 0.3) is 5.69 Å². The number of nitro benzene ring substituents is 1. The summed E-state index contributed by atoms with van der Waals surface area (Å²) in [7, 11) is 1.91. The van der Waals surface area contributed by atoms with Crippen LogP contribution in [0.4, 0.5) is 11.4 Å². The summed E-state index contributed by atoms with van der Waals surface area (Å²) in [5, 5.41) is 20.5. The molecule has 0 atom stereocenters. The minimum Gasteiger partial charge on any atom is -0.362 e. The minimum atomic E-state index is -0.365. The molecule has 9 nitrogen and oxygen atoms in total. The van der Waals surface area contributed by atoms with Crippen molar-refractivity contribution >= 4 is 29.0 Å². The summed E-state index contributed by atoms with van der Waals surface area (Å²) >= 11 is 1.38. The molecule has 0 N–H and O–H groups in total. The van der Waals surface area contributed by atoms with Crippen LogP contribution in [0.2, 0.25) is 0 Å². The largest absolute Gasteiger partial charge is 0.362 e. The highest BCUT2D eigenvalue weighted by atomic mass is 32.2. The fourth-order valence-electron chi connectivity index (χ4n) is 3.70. The van der Waals surface area contributed by atoms with Crippen LogP contribution in [0.25, 0.3) is 0 Å². The Morgan fingerprint density at radius 2 is 1.72 bits per heavy atom. The van der Waals surface area contributed by atoms with Crippen molar-refractivity contribution < 1.29 is 9.72 Å². The van der Waals surface area contributed by atoms with Crippen molar-refractivity contribution in [2.45, 2.75) is 11.6 Å². The third kappa shape index (κ3) is 4.91. The maximum atomic E-state index is 12.7. The van der Waals surface area contributed by atoms with E-state index in [1.165, 1.54) is 17.8 Å². The minimum absolute atomic E-state index is 0.0322. The SMILES string of the molecule is Cn1c(Cc2ccccc2)nnc1SCC(=O)N1CCN(c2ccccc2[N+](=O)[O-])CC1. The van der Waals surface area contributed by atoms with Crippen LogP contribution in [0.3, 0.4) is 0 Å². The van der Waals surface area contributed by atoms with Gasteiger partial charge in [-0.3, -0.25) is 14.9 Å². The van der Waals surface area contributed by atoms with Crippen LogP contribution < -0.4 is 4.90 Å². The molecule has 0 unspecified atom stereocenters. The van der Waals surface area contributed by atoms with Crippen molar-refractivity contribution in [3.8, 4) is 0 Å². The van der Waals surface area contributed by atoms with Gasteiger partial charge in [0.2, 0.25) is 5.91 Å². The van der Waals surface area contributed by atoms with Crippen LogP contribution in [0.5, 0.6) is 0 Å². The van der Waals surface area contributed by atoms with Gasteiger partial charge in [-0.2, -0.15) is 0 Å². The second-order valence-electron chi connectivity index (χ2n) is 7.52. The van der Waals surface area contributed by atoms with E-state index in [2.05, 4.69) is 22.3 Å². The number of carbonyl (C=O) groups excluding carboxylic acids is 1. The lowest BCUT2D eigenvalue weighted by molar-refractivity contribution is -0.384. The first-order valence-electron chi connectivity index (χ1n) is 10.3. The van der Waals surface area contributed by atoms with Crippen molar-refractivity contribution in [3.63, 3.8) is 0 Å². The molecule has 2 heterocycles. The zero-order valence-corrected chi connectivity index (χ0v) is 18.6. The maximum absolute atomic E-state index is 12.7. The highest BCUT2D eigenvalue weighted by Crippen LogP contribution is 2.28. The van der Waals surface area contributed by atoms with Gasteiger partial charge in [-0.25, -0.2) is 0 Å². The molecule has 3 aromatic rings. The first-order chi connectivity index (χ1) is 15.5. The van der Waals surface area contributed by atoms with E-state index in [1.54, 1.807) is 23.1 Å². The number of rotatable bonds is 7. The van der Waals surface area contributed by atoms with E-state index in [-0.39, 0.29) is 22.3 Å². The van der Waals surface area contributed by atoms with Gasteiger partial charge in [-0.05, 0) is 11.6 Å². The quantitative estimate of drug-likeness (QED) is 0.309. The molecule has 4 rings (SSSR count). The molecule has 2 aromatic carbocycles. The van der Waals surface area contributed by atoms with Gasteiger partial charge in [-0.15, -0.1) is 10.2 Å². The van der Waals surface area contributed by atoms with Crippen molar-refractivity contribution in [1.82, 2.24) is 19.7 Å². The van der Waals surface area contributed by atoms with Crippen LogP contribution >= 0.6 is 11.8 Å². The lowest BCUT2D eigenvalue weighted by Crippen LogP contribution is -2.49. The van der Waals surface area contributed by atoms with Crippen LogP contribution in [-0.2, 0) is 18.3 Å². The van der Waals surface area contributed by atoms with Gasteiger partial charge in [0, 0.05) is 45.7 Å². The fourth-order valence-corrected chi connectivity index (χ4v) is 4.54. The molecule has 1 aromatic heterocycles. The van der Waals surface area contributed by atoms with E-state index in [4.69, 9.17) is 0 Å². The zero-order chi connectivity index (χ0) is 22.5. The third-order valence-electron chi connectivity index (χ3n) is 5.51. The lowest BCUT2D eigenvalue weighted by atomic mass is 10.1. The molecule has 1 saturated heterocycles. The Balaban J connectivity index is 1.30. The lowest BCUT2D eigenvalue weighted by Gasteiger charge is -2.35. The Morgan fingerprint density at radius 3 is 2.44 bits per heavy atom. The Labute approximate surface area is 190 Å². The molecule has 166 valence electrons. The average molecular weight is 453 g/mol. The van der Waals surface area contributed by atoms with E-state index < -0.39 is 0 Å². The normalized spacial score (nSPS) is 13.9. The van der Waals surface area contributed by atoms with Gasteiger partial charge in [0.15, 0.2) is 5.16 Å². The molecule has 0 spiro atoms. The first kappa shape index (κ1) is 21.8. The van der Waals surface area contributed by atoms with Crippen molar-refractivity contribution in [3.05, 3.63) is 76.1 Å². The maximum Gasteiger partial charge on any atom is 0.292 e. The van der Waals surface area contributed by atoms with Crippen LogP contribution in [0.1, 0.15) is 11.4 Å². The summed E-state index contributed by atoms with van der Waals surface area (Å²) in [6.45, 7) is 2.19. The molecule has 0 radical (unpaired) electrons. The summed E-state index contributed by atoms with van der Waals surface area (Å²) in [6, 6.07) is 16.8. The number of thioether (sulfide) groups is 1. The molecule has 1 aliphatic rings. The zero-order valence-electron chi connectivity index (χ0n) is 17.8. The summed E-state index contributed by atoms with van der Waals surface area (Å²) in [5.41, 5.74) is 1.85. The smallest absolute Gasteiger partial charge is 0.292 e. The van der Waals surface area contributed by atoms with Crippen LogP contribution in [0, 0.1) is 10.1 Å². The fraction of sp³-hybridized carbons (Fsp3) is 0.318. The number of hydrogen-bond donors (Lipinski definition) is 0. The molecule has 1 amide bonds. The van der Waals surface area contributed by atoms with Gasteiger partial charge in [0.05, 0.1) is 10.7 Å². The Morgan fingerprint density at radius 1 is 1.03 bits per heavy atom. The van der Waals surface area contributed by atoms with Gasteiger partial charge >= 0.3 is 0 Å². The number of amides is 1. The van der Waals surface area contributed by atoms with E-state index in [1.807, 2.05) is 34.7 Å². The van der Waals surface area contributed by atoms with Gasteiger partial charge < -0.3 is 14.4 Å². The van der Waals surface area contributed by atoms with Crippen molar-refractivity contribution in [2.75, 3.05) is 36.8 Å². The second kappa shape index (κ2) is 9.82. The summed E-state index contributed by atoms with van der Waals surface area (Å²) in [5.74, 6) is 1.16. The second-order valence-corrected chi connectivity index (χ2v) is 8.47. The number of aromatic nitrogens is 3. The molecular weight excluding hydrogens is 428 g/mol. The molecule has 0 saturated carbocycles. The molecular formula is C22H24N6O3S. The van der Waals surface area contributed by atoms with E-state index >= 15 is 0 Å².